The molecule has 1 aromatic heterocycles. The van der Waals surface area contributed by atoms with Crippen LogP contribution in [0.2, 0.25) is 0 Å². The van der Waals surface area contributed by atoms with Crippen molar-refractivity contribution in [3.63, 3.8) is 0 Å². The number of nitrogens with one attached hydrogen (secondary N) is 1. The van der Waals surface area contributed by atoms with E-state index in [-0.39, 0.29) is 0 Å². The van der Waals surface area contributed by atoms with Crippen molar-refractivity contribution < 1.29 is 0 Å². The molecule has 0 atom stereocenters. The van der Waals surface area contributed by atoms with Gasteiger partial charge in [-0.2, -0.15) is 9.97 Å². The van der Waals surface area contributed by atoms with Crippen LogP contribution in [0.4, 0.5) is 17.6 Å². The number of nitrogens with two attached hydrogens (primary N) is 1. The second-order valence-corrected chi connectivity index (χ2v) is 4.72. The number of rotatable bonds is 5. The van der Waals surface area contributed by atoms with Crippen LogP contribution in [0.25, 0.3) is 0 Å². The summed E-state index contributed by atoms with van der Waals surface area (Å²) in [5, 5.41) is 3.20. The molecule has 0 aliphatic heterocycles. The molecule has 0 amide bonds. The molecule has 100 valence electrons. The van der Waals surface area contributed by atoms with Gasteiger partial charge in [-0.25, -0.2) is 0 Å². The zero-order chi connectivity index (χ0) is 13.0. The van der Waals surface area contributed by atoms with Gasteiger partial charge in [0.05, 0.1) is 0 Å². The maximum absolute atomic E-state index is 5.79. The average Bonchev–Trinajstić information content (AvgIpc) is 2.83. The molecular formula is C13H23N5. The summed E-state index contributed by atoms with van der Waals surface area (Å²) in [5.74, 6) is 2.11. The molecule has 0 saturated heterocycles. The van der Waals surface area contributed by atoms with Crippen LogP contribution in [-0.2, 0) is 0 Å². The van der Waals surface area contributed by atoms with Crippen molar-refractivity contribution in [3.8, 4) is 0 Å². The molecule has 1 heterocycles. The minimum Gasteiger partial charge on any atom is -0.370 e. The van der Waals surface area contributed by atoms with Crippen molar-refractivity contribution in [1.29, 1.82) is 0 Å². The van der Waals surface area contributed by atoms with Crippen molar-refractivity contribution in [3.05, 3.63) is 6.07 Å². The maximum Gasteiger partial charge on any atom is 0.223 e. The molecule has 0 bridgehead atoms. The number of anilines is 3. The van der Waals surface area contributed by atoms with Gasteiger partial charge in [0.25, 0.3) is 0 Å². The predicted molar refractivity (Wildman–Crippen MR) is 75.9 cm³/mol. The first-order valence-corrected chi connectivity index (χ1v) is 6.89. The van der Waals surface area contributed by atoms with Crippen LogP contribution in [-0.4, -0.2) is 29.1 Å². The smallest absolute Gasteiger partial charge is 0.223 e. The first-order valence-electron chi connectivity index (χ1n) is 6.89. The van der Waals surface area contributed by atoms with Crippen molar-refractivity contribution >= 4 is 17.6 Å². The molecule has 0 radical (unpaired) electrons. The highest BCUT2D eigenvalue weighted by molar-refractivity contribution is 5.53. The lowest BCUT2D eigenvalue weighted by Gasteiger charge is -2.29. The third-order valence-electron chi connectivity index (χ3n) is 3.49. The van der Waals surface area contributed by atoms with E-state index in [1.165, 1.54) is 25.7 Å². The summed E-state index contributed by atoms with van der Waals surface area (Å²) >= 11 is 0. The van der Waals surface area contributed by atoms with Gasteiger partial charge in [-0.3, -0.25) is 0 Å². The van der Waals surface area contributed by atoms with Gasteiger partial charge in [-0.15, -0.1) is 0 Å². The minimum atomic E-state index is 0.347. The molecule has 1 fully saturated rings. The summed E-state index contributed by atoms with van der Waals surface area (Å²) in [6, 6.07) is 2.61. The summed E-state index contributed by atoms with van der Waals surface area (Å²) in [4.78, 5) is 10.9. The van der Waals surface area contributed by atoms with Crippen LogP contribution in [0.1, 0.15) is 39.5 Å². The summed E-state index contributed by atoms with van der Waals surface area (Å²) < 4.78 is 0. The SMILES string of the molecule is CCNc1cc(N(CC)C2CCCC2)nc(N)n1. The molecule has 0 unspecified atom stereocenters. The van der Waals surface area contributed by atoms with Gasteiger partial charge in [0.2, 0.25) is 5.95 Å². The van der Waals surface area contributed by atoms with Gasteiger partial charge in [-0.05, 0) is 26.7 Å². The first-order chi connectivity index (χ1) is 8.74. The maximum atomic E-state index is 5.79. The molecule has 0 aromatic carbocycles. The van der Waals surface area contributed by atoms with E-state index in [0.29, 0.717) is 12.0 Å². The van der Waals surface area contributed by atoms with Crippen LogP contribution in [0.15, 0.2) is 6.07 Å². The molecule has 2 rings (SSSR count). The Morgan fingerprint density at radius 1 is 1.33 bits per heavy atom. The van der Waals surface area contributed by atoms with Gasteiger partial charge in [0, 0.05) is 25.2 Å². The summed E-state index contributed by atoms with van der Waals surface area (Å²) in [7, 11) is 0. The van der Waals surface area contributed by atoms with E-state index >= 15 is 0 Å². The zero-order valence-corrected chi connectivity index (χ0v) is 11.3. The Kier molecular flexibility index (Phi) is 4.23. The molecule has 1 aliphatic rings. The number of hydrogen-bond donors (Lipinski definition) is 2. The third kappa shape index (κ3) is 2.83. The van der Waals surface area contributed by atoms with Crippen LogP contribution < -0.4 is 16.0 Å². The highest BCUT2D eigenvalue weighted by Gasteiger charge is 2.23. The van der Waals surface area contributed by atoms with Crippen LogP contribution in [0, 0.1) is 0 Å². The number of nitrogen functional groups attached to an aromatic ring is 1. The summed E-state index contributed by atoms with van der Waals surface area (Å²) in [6.07, 6.45) is 5.16. The van der Waals surface area contributed by atoms with Crippen molar-refractivity contribution in [1.82, 2.24) is 9.97 Å². The molecule has 1 aromatic rings. The molecule has 1 aliphatic carbocycles. The Bertz CT molecular complexity index is 387. The monoisotopic (exact) mass is 249 g/mol. The standard InChI is InChI=1S/C13H23N5/c1-3-15-11-9-12(17-13(14)16-11)18(4-2)10-7-5-6-8-10/h9-10H,3-8H2,1-2H3,(H3,14,15,16,17). The van der Waals surface area contributed by atoms with E-state index in [9.17, 15) is 0 Å². The number of hydrogen-bond acceptors (Lipinski definition) is 5. The molecule has 18 heavy (non-hydrogen) atoms. The fraction of sp³-hybridized carbons (Fsp3) is 0.692. The molecule has 0 spiro atoms. The predicted octanol–water partition coefficient (Wildman–Crippen LogP) is 2.26. The molecular weight excluding hydrogens is 226 g/mol. The lowest BCUT2D eigenvalue weighted by Crippen LogP contribution is -2.34. The van der Waals surface area contributed by atoms with Crippen LogP contribution >= 0.6 is 0 Å². The fourth-order valence-electron chi connectivity index (χ4n) is 2.69. The van der Waals surface area contributed by atoms with E-state index in [1.54, 1.807) is 0 Å². The Balaban J connectivity index is 2.23. The van der Waals surface area contributed by atoms with Gasteiger partial charge in [0.15, 0.2) is 0 Å². The van der Waals surface area contributed by atoms with E-state index in [4.69, 9.17) is 5.73 Å². The Hall–Kier alpha value is -1.52. The molecule has 5 nitrogen and oxygen atoms in total. The normalized spacial score (nSPS) is 15.9. The zero-order valence-electron chi connectivity index (χ0n) is 11.3. The third-order valence-corrected chi connectivity index (χ3v) is 3.49. The quantitative estimate of drug-likeness (QED) is 0.838. The van der Waals surface area contributed by atoms with Crippen LogP contribution in [0.5, 0.6) is 0 Å². The highest BCUT2D eigenvalue weighted by atomic mass is 15.2. The number of aromatic nitrogens is 2. The van der Waals surface area contributed by atoms with Crippen molar-refractivity contribution in [2.75, 3.05) is 29.0 Å². The fourth-order valence-corrected chi connectivity index (χ4v) is 2.69. The van der Waals surface area contributed by atoms with Crippen LogP contribution in [0.3, 0.4) is 0 Å². The molecule has 5 heteroatoms. The van der Waals surface area contributed by atoms with Crippen molar-refractivity contribution in [2.45, 2.75) is 45.6 Å². The summed E-state index contributed by atoms with van der Waals surface area (Å²) in [6.45, 7) is 6.02. The average molecular weight is 249 g/mol. The summed E-state index contributed by atoms with van der Waals surface area (Å²) in [5.41, 5.74) is 5.79. The molecule has 1 saturated carbocycles. The largest absolute Gasteiger partial charge is 0.370 e. The second kappa shape index (κ2) is 5.89. The number of nitrogens with zero attached hydrogens (tertiary/aromatic N) is 3. The lowest BCUT2D eigenvalue weighted by atomic mass is 10.2. The Morgan fingerprint density at radius 3 is 2.67 bits per heavy atom. The van der Waals surface area contributed by atoms with Gasteiger partial charge < -0.3 is 16.0 Å². The van der Waals surface area contributed by atoms with Gasteiger partial charge in [0.1, 0.15) is 11.6 Å². The van der Waals surface area contributed by atoms with Gasteiger partial charge >= 0.3 is 0 Å². The van der Waals surface area contributed by atoms with E-state index in [1.807, 2.05) is 13.0 Å². The van der Waals surface area contributed by atoms with Crippen molar-refractivity contribution in [2.24, 2.45) is 0 Å². The van der Waals surface area contributed by atoms with Gasteiger partial charge in [-0.1, -0.05) is 12.8 Å². The van der Waals surface area contributed by atoms with E-state index in [2.05, 4.69) is 27.1 Å². The van der Waals surface area contributed by atoms with E-state index < -0.39 is 0 Å². The molecule has 3 N–H and O–H groups in total. The first kappa shape index (κ1) is 12.9. The Labute approximate surface area is 109 Å². The van der Waals surface area contributed by atoms with E-state index in [0.717, 1.165) is 24.7 Å². The second-order valence-electron chi connectivity index (χ2n) is 4.72. The lowest BCUT2D eigenvalue weighted by molar-refractivity contribution is 0.613. The minimum absolute atomic E-state index is 0.347. The Morgan fingerprint density at radius 2 is 2.06 bits per heavy atom. The highest BCUT2D eigenvalue weighted by Crippen LogP contribution is 2.28. The topological polar surface area (TPSA) is 67.1 Å².